The van der Waals surface area contributed by atoms with Gasteiger partial charge in [-0.15, -0.1) is 0 Å². The average Bonchev–Trinajstić information content (AvgIpc) is 2.74. The first-order chi connectivity index (χ1) is 14.9. The molecule has 0 saturated heterocycles. The summed E-state index contributed by atoms with van der Waals surface area (Å²) in [6, 6.07) is 11.7. The predicted octanol–water partition coefficient (Wildman–Crippen LogP) is 5.60. The van der Waals surface area contributed by atoms with Crippen LogP contribution in [0, 0.1) is 12.8 Å². The van der Waals surface area contributed by atoms with Crippen molar-refractivity contribution in [2.45, 2.75) is 33.6 Å². The van der Waals surface area contributed by atoms with E-state index in [0.717, 1.165) is 58.1 Å². The van der Waals surface area contributed by atoms with E-state index in [1.165, 1.54) is 0 Å². The van der Waals surface area contributed by atoms with Crippen molar-refractivity contribution in [1.82, 2.24) is 0 Å². The van der Waals surface area contributed by atoms with Crippen molar-refractivity contribution < 1.29 is 9.90 Å². The molecule has 0 saturated carbocycles. The van der Waals surface area contributed by atoms with Gasteiger partial charge in [-0.25, -0.2) is 4.79 Å². The number of aromatic carboxylic acids is 1. The lowest BCUT2D eigenvalue weighted by Gasteiger charge is -2.38. The minimum Gasteiger partial charge on any atom is -0.478 e. The third-order valence-electron chi connectivity index (χ3n) is 6.08. The van der Waals surface area contributed by atoms with Gasteiger partial charge >= 0.3 is 5.97 Å². The fourth-order valence-corrected chi connectivity index (χ4v) is 4.69. The minimum absolute atomic E-state index is 0.0215. The van der Waals surface area contributed by atoms with E-state index in [4.69, 9.17) is 0 Å². The number of nitrogens with one attached hydrogen (secondary N) is 2. The lowest BCUT2D eigenvalue weighted by atomic mass is 9.71. The van der Waals surface area contributed by atoms with Crippen molar-refractivity contribution in [3.63, 3.8) is 0 Å². The molecule has 1 aliphatic heterocycles. The largest absolute Gasteiger partial charge is 0.478 e. The highest BCUT2D eigenvalue weighted by molar-refractivity contribution is 6.10. The van der Waals surface area contributed by atoms with E-state index in [9.17, 15) is 9.90 Å². The van der Waals surface area contributed by atoms with Crippen molar-refractivity contribution in [1.29, 1.82) is 0 Å². The Morgan fingerprint density at radius 1 is 1.16 bits per heavy atom. The maximum atomic E-state index is 12.1. The van der Waals surface area contributed by atoms with Gasteiger partial charge in [0.25, 0.3) is 0 Å². The van der Waals surface area contributed by atoms with E-state index < -0.39 is 5.97 Å². The summed E-state index contributed by atoms with van der Waals surface area (Å²) in [7, 11) is 0. The first-order valence-electron chi connectivity index (χ1n) is 10.9. The SMILES string of the molecule is CCN=C1C=C2Nc3cc(NCC)c(C)cc3[C@H](c3ccccc3C(=O)O)[C@@H]2C=C1C. The highest BCUT2D eigenvalue weighted by Gasteiger charge is 2.37. The summed E-state index contributed by atoms with van der Waals surface area (Å²) in [5.74, 6) is -0.970. The Bertz CT molecular complexity index is 1130. The van der Waals surface area contributed by atoms with E-state index in [-0.39, 0.29) is 11.8 Å². The van der Waals surface area contributed by atoms with Crippen LogP contribution in [0.4, 0.5) is 11.4 Å². The molecule has 2 aliphatic rings. The molecule has 0 bridgehead atoms. The molecule has 2 aromatic carbocycles. The lowest BCUT2D eigenvalue weighted by Crippen LogP contribution is -2.30. The van der Waals surface area contributed by atoms with E-state index in [0.29, 0.717) is 5.56 Å². The molecule has 5 heteroatoms. The lowest BCUT2D eigenvalue weighted by molar-refractivity contribution is 0.0695. The number of benzene rings is 2. The molecular weight excluding hydrogens is 386 g/mol. The number of nitrogens with zero attached hydrogens (tertiary/aromatic N) is 1. The van der Waals surface area contributed by atoms with Crippen molar-refractivity contribution in [3.05, 3.63) is 82.1 Å². The van der Waals surface area contributed by atoms with Crippen LogP contribution in [0.3, 0.4) is 0 Å². The Hall–Kier alpha value is -3.34. The molecule has 0 fully saturated rings. The Labute approximate surface area is 183 Å². The first kappa shape index (κ1) is 20.9. The van der Waals surface area contributed by atoms with E-state index in [2.05, 4.69) is 60.7 Å². The van der Waals surface area contributed by atoms with Gasteiger partial charge < -0.3 is 15.7 Å². The third-order valence-corrected chi connectivity index (χ3v) is 6.08. The Morgan fingerprint density at radius 3 is 2.65 bits per heavy atom. The molecule has 31 heavy (non-hydrogen) atoms. The zero-order valence-corrected chi connectivity index (χ0v) is 18.5. The summed E-state index contributed by atoms with van der Waals surface area (Å²) in [4.78, 5) is 16.7. The van der Waals surface area contributed by atoms with Gasteiger partial charge in [0.2, 0.25) is 0 Å². The number of aryl methyl sites for hydroxylation is 1. The van der Waals surface area contributed by atoms with Gasteiger partial charge in [0.05, 0.1) is 11.3 Å². The zero-order valence-electron chi connectivity index (χ0n) is 18.5. The summed E-state index contributed by atoms with van der Waals surface area (Å²) in [5, 5.41) is 17.0. The molecular formula is C26H29N3O2. The highest BCUT2D eigenvalue weighted by atomic mass is 16.4. The first-order valence-corrected chi connectivity index (χ1v) is 10.9. The van der Waals surface area contributed by atoms with Gasteiger partial charge in [-0.2, -0.15) is 0 Å². The van der Waals surface area contributed by atoms with Gasteiger partial charge in [0.1, 0.15) is 0 Å². The van der Waals surface area contributed by atoms with Crippen LogP contribution in [-0.4, -0.2) is 29.9 Å². The highest BCUT2D eigenvalue weighted by Crippen LogP contribution is 2.48. The minimum atomic E-state index is -0.896. The van der Waals surface area contributed by atoms with E-state index >= 15 is 0 Å². The monoisotopic (exact) mass is 415 g/mol. The number of fused-ring (bicyclic) bond motifs is 2. The third kappa shape index (κ3) is 3.76. The number of anilines is 2. The number of hydrogen-bond acceptors (Lipinski definition) is 4. The number of allylic oxidation sites excluding steroid dienone is 3. The number of carbonyl (C=O) groups is 1. The van der Waals surface area contributed by atoms with Crippen LogP contribution in [0.2, 0.25) is 0 Å². The molecule has 0 aromatic heterocycles. The van der Waals surface area contributed by atoms with Gasteiger partial charge in [-0.3, -0.25) is 4.99 Å². The summed E-state index contributed by atoms with van der Waals surface area (Å²) in [6.45, 7) is 9.85. The number of hydrogen-bond donors (Lipinski definition) is 3. The maximum absolute atomic E-state index is 12.1. The Kier molecular flexibility index (Phi) is 5.68. The molecule has 0 amide bonds. The molecule has 2 atom stereocenters. The number of carboxylic acid groups (broad SMARTS) is 1. The van der Waals surface area contributed by atoms with Gasteiger partial charge in [-0.1, -0.05) is 30.3 Å². The molecule has 5 nitrogen and oxygen atoms in total. The van der Waals surface area contributed by atoms with Crippen LogP contribution in [0.5, 0.6) is 0 Å². The molecule has 1 aliphatic carbocycles. The Morgan fingerprint density at radius 2 is 1.94 bits per heavy atom. The second-order valence-corrected chi connectivity index (χ2v) is 8.11. The predicted molar refractivity (Wildman–Crippen MR) is 128 cm³/mol. The molecule has 160 valence electrons. The number of aliphatic imine (C=N–C) groups is 1. The summed E-state index contributed by atoms with van der Waals surface area (Å²) >= 11 is 0. The van der Waals surface area contributed by atoms with Crippen LogP contribution in [0.25, 0.3) is 0 Å². The second kappa shape index (κ2) is 8.42. The summed E-state index contributed by atoms with van der Waals surface area (Å²) in [6.07, 6.45) is 4.35. The fourth-order valence-electron chi connectivity index (χ4n) is 4.69. The molecule has 4 rings (SSSR count). The fraction of sp³-hybridized carbons (Fsp3) is 0.308. The zero-order chi connectivity index (χ0) is 22.1. The van der Waals surface area contributed by atoms with Crippen molar-refractivity contribution in [2.75, 3.05) is 23.7 Å². The molecule has 3 N–H and O–H groups in total. The van der Waals surface area contributed by atoms with Gasteiger partial charge in [-0.05, 0) is 68.2 Å². The van der Waals surface area contributed by atoms with Crippen molar-refractivity contribution in [3.8, 4) is 0 Å². The molecule has 0 radical (unpaired) electrons. The smallest absolute Gasteiger partial charge is 0.335 e. The molecule has 1 heterocycles. The van der Waals surface area contributed by atoms with Crippen LogP contribution in [-0.2, 0) is 0 Å². The normalized spacial score (nSPS) is 20.8. The molecule has 0 spiro atoms. The maximum Gasteiger partial charge on any atom is 0.335 e. The summed E-state index contributed by atoms with van der Waals surface area (Å²) < 4.78 is 0. The molecule has 0 unspecified atom stereocenters. The summed E-state index contributed by atoms with van der Waals surface area (Å²) in [5.41, 5.74) is 8.72. The van der Waals surface area contributed by atoms with Gasteiger partial charge in [0, 0.05) is 42.0 Å². The van der Waals surface area contributed by atoms with Crippen LogP contribution in [0.15, 0.2) is 64.8 Å². The second-order valence-electron chi connectivity index (χ2n) is 8.11. The number of carboxylic acids is 1. The van der Waals surface area contributed by atoms with Gasteiger partial charge in [0.15, 0.2) is 0 Å². The van der Waals surface area contributed by atoms with Crippen LogP contribution in [0.1, 0.15) is 53.7 Å². The van der Waals surface area contributed by atoms with Crippen LogP contribution < -0.4 is 10.6 Å². The molecule has 2 aromatic rings. The van der Waals surface area contributed by atoms with Crippen molar-refractivity contribution in [2.24, 2.45) is 10.9 Å². The number of rotatable bonds is 5. The Balaban J connectivity index is 1.96. The average molecular weight is 416 g/mol. The quantitative estimate of drug-likeness (QED) is 0.594. The standard InChI is InChI=1S/C26H29N3O2/c1-5-27-21-13-23-19(11-15(21)3)25(17-9-7-8-10-18(17)26(30)31)20-12-16(4)22(28-6-2)14-24(20)29-23/h7-14,19,25,28-29H,5-6H2,1-4H3,(H,30,31)/t19-,25-/m1/s1. The van der Waals surface area contributed by atoms with Crippen LogP contribution >= 0.6 is 0 Å². The van der Waals surface area contributed by atoms with E-state index in [1.807, 2.05) is 19.1 Å². The van der Waals surface area contributed by atoms with Crippen molar-refractivity contribution >= 4 is 23.1 Å². The van der Waals surface area contributed by atoms with E-state index in [1.54, 1.807) is 12.1 Å². The topological polar surface area (TPSA) is 73.7 Å².